The minimum Gasteiger partial charge on any atom is -0.313 e. The monoisotopic (exact) mass is 229 g/mol. The number of rotatable bonds is 2. The van der Waals surface area contributed by atoms with Crippen LogP contribution in [0.25, 0.3) is 11.3 Å². The van der Waals surface area contributed by atoms with Crippen molar-refractivity contribution < 1.29 is 0 Å². The lowest BCUT2D eigenvalue weighted by molar-refractivity contribution is 0.833. The van der Waals surface area contributed by atoms with Gasteiger partial charge in [0.1, 0.15) is 0 Å². The Labute approximate surface area is 99.8 Å². The van der Waals surface area contributed by atoms with Crippen molar-refractivity contribution in [2.24, 2.45) is 0 Å². The smallest absolute Gasteiger partial charge is 0.254 e. The zero-order valence-corrected chi connectivity index (χ0v) is 10.2. The quantitative estimate of drug-likeness (QED) is 0.859. The molecule has 0 amide bonds. The third kappa shape index (κ3) is 2.25. The maximum atomic E-state index is 11.8. The highest BCUT2D eigenvalue weighted by atomic mass is 16.1. The van der Waals surface area contributed by atoms with Gasteiger partial charge >= 0.3 is 0 Å². The maximum absolute atomic E-state index is 11.8. The second-order valence-corrected chi connectivity index (χ2v) is 4.33. The first-order chi connectivity index (χ1) is 8.09. The molecule has 0 aromatic carbocycles. The molecule has 17 heavy (non-hydrogen) atoms. The van der Waals surface area contributed by atoms with Crippen LogP contribution < -0.4 is 5.56 Å². The lowest BCUT2D eigenvalue weighted by Crippen LogP contribution is -2.16. The van der Waals surface area contributed by atoms with Crippen LogP contribution in [0.15, 0.2) is 29.5 Å². The van der Waals surface area contributed by atoms with Gasteiger partial charge < -0.3 is 4.98 Å². The minimum atomic E-state index is -0.0699. The van der Waals surface area contributed by atoms with Gasteiger partial charge in [0.05, 0.1) is 12.0 Å². The summed E-state index contributed by atoms with van der Waals surface area (Å²) in [6.07, 6.45) is 3.18. The molecule has 2 aromatic rings. The Morgan fingerprint density at radius 1 is 1.29 bits per heavy atom. The lowest BCUT2D eigenvalue weighted by Gasteiger charge is -2.10. The predicted molar refractivity (Wildman–Crippen MR) is 66.9 cm³/mol. The van der Waals surface area contributed by atoms with Gasteiger partial charge in [0.25, 0.3) is 5.56 Å². The SMILES string of the molecule is Cc1cc(-c2nc[nH]c(=O)c2C(C)C)ccn1. The van der Waals surface area contributed by atoms with Crippen LogP contribution in [-0.4, -0.2) is 15.0 Å². The summed E-state index contributed by atoms with van der Waals surface area (Å²) in [6, 6.07) is 3.81. The Hall–Kier alpha value is -1.97. The number of aryl methyl sites for hydroxylation is 1. The second-order valence-electron chi connectivity index (χ2n) is 4.33. The van der Waals surface area contributed by atoms with Crippen molar-refractivity contribution in [3.05, 3.63) is 46.3 Å². The zero-order chi connectivity index (χ0) is 12.4. The molecule has 0 aliphatic carbocycles. The van der Waals surface area contributed by atoms with Crippen molar-refractivity contribution in [2.45, 2.75) is 26.7 Å². The molecule has 88 valence electrons. The van der Waals surface area contributed by atoms with Crippen molar-refractivity contribution in [1.82, 2.24) is 15.0 Å². The standard InChI is InChI=1S/C13H15N3O/c1-8(2)11-12(15-7-16-13(11)17)10-4-5-14-9(3)6-10/h4-8H,1-3H3,(H,15,16,17). The number of aromatic nitrogens is 3. The fourth-order valence-corrected chi connectivity index (χ4v) is 1.87. The molecule has 0 aliphatic heterocycles. The van der Waals surface area contributed by atoms with Crippen LogP contribution in [0.2, 0.25) is 0 Å². The Morgan fingerprint density at radius 2 is 2.06 bits per heavy atom. The van der Waals surface area contributed by atoms with E-state index < -0.39 is 0 Å². The first-order valence-corrected chi connectivity index (χ1v) is 5.60. The number of hydrogen-bond donors (Lipinski definition) is 1. The van der Waals surface area contributed by atoms with Crippen LogP contribution in [0.4, 0.5) is 0 Å². The highest BCUT2D eigenvalue weighted by molar-refractivity contribution is 5.63. The molecule has 0 saturated carbocycles. The van der Waals surface area contributed by atoms with E-state index in [0.29, 0.717) is 0 Å². The molecular formula is C13H15N3O. The maximum Gasteiger partial charge on any atom is 0.254 e. The normalized spacial score (nSPS) is 10.8. The van der Waals surface area contributed by atoms with Crippen LogP contribution in [0.1, 0.15) is 31.0 Å². The van der Waals surface area contributed by atoms with E-state index in [2.05, 4.69) is 15.0 Å². The second kappa shape index (κ2) is 4.49. The molecular weight excluding hydrogens is 214 g/mol. The molecule has 0 fully saturated rings. The first-order valence-electron chi connectivity index (χ1n) is 5.60. The molecule has 2 rings (SSSR count). The molecule has 4 nitrogen and oxygen atoms in total. The predicted octanol–water partition coefficient (Wildman–Crippen LogP) is 2.26. The Kier molecular flexibility index (Phi) is 3.04. The van der Waals surface area contributed by atoms with E-state index in [9.17, 15) is 4.79 Å². The van der Waals surface area contributed by atoms with Crippen molar-refractivity contribution >= 4 is 0 Å². The summed E-state index contributed by atoms with van der Waals surface area (Å²) in [7, 11) is 0. The summed E-state index contributed by atoms with van der Waals surface area (Å²) in [5, 5.41) is 0. The number of nitrogens with zero attached hydrogens (tertiary/aromatic N) is 2. The number of hydrogen-bond acceptors (Lipinski definition) is 3. The lowest BCUT2D eigenvalue weighted by atomic mass is 9.99. The topological polar surface area (TPSA) is 58.6 Å². The molecule has 0 saturated heterocycles. The number of nitrogens with one attached hydrogen (secondary N) is 1. The van der Waals surface area contributed by atoms with Gasteiger partial charge in [-0.15, -0.1) is 0 Å². The Balaban J connectivity index is 2.67. The first kappa shape index (κ1) is 11.5. The van der Waals surface area contributed by atoms with Gasteiger partial charge in [-0.1, -0.05) is 13.8 Å². The molecule has 0 atom stereocenters. The van der Waals surface area contributed by atoms with Gasteiger partial charge in [0, 0.05) is 23.0 Å². The van der Waals surface area contributed by atoms with E-state index in [1.54, 1.807) is 6.20 Å². The third-order valence-corrected chi connectivity index (χ3v) is 2.64. The van der Waals surface area contributed by atoms with Crippen LogP contribution >= 0.6 is 0 Å². The Morgan fingerprint density at radius 3 is 2.71 bits per heavy atom. The van der Waals surface area contributed by atoms with Crippen molar-refractivity contribution in [3.63, 3.8) is 0 Å². The van der Waals surface area contributed by atoms with Crippen LogP contribution in [-0.2, 0) is 0 Å². The molecule has 0 bridgehead atoms. The summed E-state index contributed by atoms with van der Waals surface area (Å²) in [6.45, 7) is 5.90. The van der Waals surface area contributed by atoms with E-state index in [0.717, 1.165) is 22.5 Å². The van der Waals surface area contributed by atoms with Gasteiger partial charge in [-0.25, -0.2) is 4.98 Å². The fraction of sp³-hybridized carbons (Fsp3) is 0.308. The van der Waals surface area contributed by atoms with Crippen molar-refractivity contribution in [1.29, 1.82) is 0 Å². The molecule has 0 radical (unpaired) electrons. The van der Waals surface area contributed by atoms with E-state index in [-0.39, 0.29) is 11.5 Å². The zero-order valence-electron chi connectivity index (χ0n) is 10.2. The molecule has 0 aliphatic rings. The van der Waals surface area contributed by atoms with Gasteiger partial charge in [0.2, 0.25) is 0 Å². The molecule has 2 aromatic heterocycles. The molecule has 1 N–H and O–H groups in total. The van der Waals surface area contributed by atoms with E-state index in [1.807, 2.05) is 32.9 Å². The molecule has 2 heterocycles. The van der Waals surface area contributed by atoms with Crippen molar-refractivity contribution in [2.75, 3.05) is 0 Å². The van der Waals surface area contributed by atoms with Crippen LogP contribution in [0.3, 0.4) is 0 Å². The minimum absolute atomic E-state index is 0.0699. The number of aromatic amines is 1. The van der Waals surface area contributed by atoms with Gasteiger partial charge in [-0.05, 0) is 25.0 Å². The summed E-state index contributed by atoms with van der Waals surface area (Å²) < 4.78 is 0. The van der Waals surface area contributed by atoms with Gasteiger partial charge in [-0.2, -0.15) is 0 Å². The van der Waals surface area contributed by atoms with E-state index >= 15 is 0 Å². The van der Waals surface area contributed by atoms with Gasteiger partial charge in [0.15, 0.2) is 0 Å². The molecule has 0 spiro atoms. The van der Waals surface area contributed by atoms with Crippen LogP contribution in [0, 0.1) is 6.92 Å². The molecule has 4 heteroatoms. The number of H-pyrrole nitrogens is 1. The fourth-order valence-electron chi connectivity index (χ4n) is 1.87. The highest BCUT2D eigenvalue weighted by Crippen LogP contribution is 2.23. The van der Waals surface area contributed by atoms with Crippen molar-refractivity contribution in [3.8, 4) is 11.3 Å². The highest BCUT2D eigenvalue weighted by Gasteiger charge is 2.14. The van der Waals surface area contributed by atoms with Crippen LogP contribution in [0.5, 0.6) is 0 Å². The summed E-state index contributed by atoms with van der Waals surface area (Å²) >= 11 is 0. The summed E-state index contributed by atoms with van der Waals surface area (Å²) in [5.74, 6) is 0.135. The Bertz CT molecular complexity index is 587. The average molecular weight is 229 g/mol. The summed E-state index contributed by atoms with van der Waals surface area (Å²) in [5.41, 5.74) is 3.25. The molecule has 0 unspecified atom stereocenters. The van der Waals surface area contributed by atoms with Gasteiger partial charge in [-0.3, -0.25) is 9.78 Å². The largest absolute Gasteiger partial charge is 0.313 e. The summed E-state index contributed by atoms with van der Waals surface area (Å²) in [4.78, 5) is 22.9. The van der Waals surface area contributed by atoms with E-state index in [4.69, 9.17) is 0 Å². The van der Waals surface area contributed by atoms with E-state index in [1.165, 1.54) is 6.33 Å². The third-order valence-electron chi connectivity index (χ3n) is 2.64. The number of pyridine rings is 1. The average Bonchev–Trinajstić information content (AvgIpc) is 2.28.